The summed E-state index contributed by atoms with van der Waals surface area (Å²) in [7, 11) is 0. The van der Waals surface area contributed by atoms with Crippen molar-refractivity contribution in [3.05, 3.63) is 63.4 Å². The fourth-order valence-electron chi connectivity index (χ4n) is 3.24. The first-order valence-electron chi connectivity index (χ1n) is 7.32. The van der Waals surface area contributed by atoms with Crippen LogP contribution in [0.2, 0.25) is 10.0 Å². The van der Waals surface area contributed by atoms with Crippen LogP contribution in [0.25, 0.3) is 0 Å². The van der Waals surface area contributed by atoms with Crippen molar-refractivity contribution in [1.29, 1.82) is 0 Å². The molecule has 2 unspecified atom stereocenters. The SMILES string of the molecule is CCNC(c1cc(Cl)cc(Cl)c1)C1CCc2cccnc21. The van der Waals surface area contributed by atoms with Crippen LogP contribution in [0.4, 0.5) is 0 Å². The van der Waals surface area contributed by atoms with E-state index in [2.05, 4.69) is 23.3 Å². The number of hydrogen-bond donors (Lipinski definition) is 1. The van der Waals surface area contributed by atoms with Crippen LogP contribution in [0.15, 0.2) is 36.5 Å². The van der Waals surface area contributed by atoms with Gasteiger partial charge < -0.3 is 5.32 Å². The molecule has 1 aromatic carbocycles. The Morgan fingerprint density at radius 2 is 2.05 bits per heavy atom. The van der Waals surface area contributed by atoms with Crippen molar-refractivity contribution in [3.8, 4) is 0 Å². The number of pyridine rings is 1. The van der Waals surface area contributed by atoms with E-state index in [1.54, 1.807) is 6.07 Å². The lowest BCUT2D eigenvalue weighted by Gasteiger charge is -2.25. The Morgan fingerprint density at radius 3 is 2.76 bits per heavy atom. The maximum atomic E-state index is 6.17. The van der Waals surface area contributed by atoms with Crippen molar-refractivity contribution < 1.29 is 0 Å². The van der Waals surface area contributed by atoms with Crippen LogP contribution in [0.3, 0.4) is 0 Å². The Balaban J connectivity index is 1.99. The minimum atomic E-state index is 0.197. The van der Waals surface area contributed by atoms with Gasteiger partial charge in [0.25, 0.3) is 0 Å². The number of rotatable bonds is 4. The highest BCUT2D eigenvalue weighted by Gasteiger charge is 2.31. The summed E-state index contributed by atoms with van der Waals surface area (Å²) in [6.45, 7) is 3.01. The number of likely N-dealkylation sites (N-methyl/N-ethyl adjacent to an activating group) is 1. The van der Waals surface area contributed by atoms with Crippen LogP contribution in [0.5, 0.6) is 0 Å². The summed E-state index contributed by atoms with van der Waals surface area (Å²) in [4.78, 5) is 4.61. The van der Waals surface area contributed by atoms with Crippen molar-refractivity contribution in [2.75, 3.05) is 6.54 Å². The maximum absolute atomic E-state index is 6.17. The molecule has 0 fully saturated rings. The number of nitrogens with zero attached hydrogens (tertiary/aromatic N) is 1. The molecular weight excluding hydrogens is 303 g/mol. The molecular formula is C17H18Cl2N2. The monoisotopic (exact) mass is 320 g/mol. The van der Waals surface area contributed by atoms with Crippen molar-refractivity contribution in [1.82, 2.24) is 10.3 Å². The molecule has 1 N–H and O–H groups in total. The number of aryl methyl sites for hydroxylation is 1. The third-order valence-electron chi connectivity index (χ3n) is 4.07. The molecule has 0 radical (unpaired) electrons. The highest BCUT2D eigenvalue weighted by atomic mass is 35.5. The number of benzene rings is 1. The first-order valence-corrected chi connectivity index (χ1v) is 8.07. The van der Waals surface area contributed by atoms with E-state index in [0.717, 1.165) is 24.9 Å². The molecule has 0 amide bonds. The Labute approximate surface area is 135 Å². The topological polar surface area (TPSA) is 24.9 Å². The molecule has 2 aromatic rings. The Hall–Kier alpha value is -1.09. The van der Waals surface area contributed by atoms with Gasteiger partial charge in [0.1, 0.15) is 0 Å². The van der Waals surface area contributed by atoms with Crippen LogP contribution in [0.1, 0.15) is 42.1 Å². The van der Waals surface area contributed by atoms with E-state index in [0.29, 0.717) is 16.0 Å². The average molecular weight is 321 g/mol. The van der Waals surface area contributed by atoms with Crippen molar-refractivity contribution in [3.63, 3.8) is 0 Å². The number of halogens is 2. The predicted molar refractivity (Wildman–Crippen MR) is 88.2 cm³/mol. The molecule has 110 valence electrons. The van der Waals surface area contributed by atoms with Gasteiger partial charge in [0, 0.05) is 33.9 Å². The fourth-order valence-corrected chi connectivity index (χ4v) is 3.78. The van der Waals surface area contributed by atoms with Crippen LogP contribution >= 0.6 is 23.2 Å². The Morgan fingerprint density at radius 1 is 1.29 bits per heavy atom. The predicted octanol–water partition coefficient (Wildman–Crippen LogP) is 4.77. The van der Waals surface area contributed by atoms with Gasteiger partial charge in [0.05, 0.1) is 0 Å². The molecule has 2 nitrogen and oxygen atoms in total. The summed E-state index contributed by atoms with van der Waals surface area (Å²) < 4.78 is 0. The van der Waals surface area contributed by atoms with Gasteiger partial charge in [0.2, 0.25) is 0 Å². The van der Waals surface area contributed by atoms with E-state index in [4.69, 9.17) is 23.2 Å². The third kappa shape index (κ3) is 3.08. The van der Waals surface area contributed by atoms with Crippen molar-refractivity contribution >= 4 is 23.2 Å². The summed E-state index contributed by atoms with van der Waals surface area (Å²) >= 11 is 12.3. The molecule has 1 aliphatic rings. The van der Waals surface area contributed by atoms with Gasteiger partial charge in [-0.1, -0.05) is 36.2 Å². The maximum Gasteiger partial charge on any atom is 0.0485 e. The van der Waals surface area contributed by atoms with Gasteiger partial charge in [-0.25, -0.2) is 0 Å². The first-order chi connectivity index (χ1) is 10.2. The van der Waals surface area contributed by atoms with Gasteiger partial charge in [-0.15, -0.1) is 0 Å². The quantitative estimate of drug-likeness (QED) is 0.877. The van der Waals surface area contributed by atoms with Crippen molar-refractivity contribution in [2.24, 2.45) is 0 Å². The summed E-state index contributed by atoms with van der Waals surface area (Å²) in [5.74, 6) is 0.371. The summed E-state index contributed by atoms with van der Waals surface area (Å²) in [5.41, 5.74) is 3.70. The second-order valence-electron chi connectivity index (χ2n) is 5.43. The lowest BCUT2D eigenvalue weighted by atomic mass is 9.90. The van der Waals surface area contributed by atoms with Gasteiger partial charge in [-0.05, 0) is 54.8 Å². The zero-order chi connectivity index (χ0) is 14.8. The highest BCUT2D eigenvalue weighted by Crippen LogP contribution is 2.41. The lowest BCUT2D eigenvalue weighted by Crippen LogP contribution is -2.26. The average Bonchev–Trinajstić information content (AvgIpc) is 2.87. The molecule has 1 aromatic heterocycles. The number of fused-ring (bicyclic) bond motifs is 1. The Kier molecular flexibility index (Phi) is 4.48. The van der Waals surface area contributed by atoms with Crippen LogP contribution in [-0.2, 0) is 6.42 Å². The van der Waals surface area contributed by atoms with Gasteiger partial charge in [0.15, 0.2) is 0 Å². The molecule has 2 atom stereocenters. The fraction of sp³-hybridized carbons (Fsp3) is 0.353. The van der Waals surface area contributed by atoms with E-state index in [1.165, 1.54) is 11.3 Å². The Bertz CT molecular complexity index is 622. The lowest BCUT2D eigenvalue weighted by molar-refractivity contribution is 0.447. The van der Waals surface area contributed by atoms with E-state index in [1.807, 2.05) is 24.4 Å². The number of aromatic nitrogens is 1. The minimum absolute atomic E-state index is 0.197. The molecule has 0 saturated carbocycles. The molecule has 3 rings (SSSR count). The smallest absolute Gasteiger partial charge is 0.0485 e. The van der Waals surface area contributed by atoms with E-state index < -0.39 is 0 Å². The second-order valence-corrected chi connectivity index (χ2v) is 6.30. The summed E-state index contributed by atoms with van der Waals surface area (Å²) in [5, 5.41) is 4.94. The first kappa shape index (κ1) is 14.8. The van der Waals surface area contributed by atoms with Crippen LogP contribution in [-0.4, -0.2) is 11.5 Å². The highest BCUT2D eigenvalue weighted by molar-refractivity contribution is 6.34. The molecule has 0 bridgehead atoms. The minimum Gasteiger partial charge on any atom is -0.310 e. The molecule has 1 heterocycles. The van der Waals surface area contributed by atoms with Gasteiger partial charge >= 0.3 is 0 Å². The van der Waals surface area contributed by atoms with Gasteiger partial charge in [-0.2, -0.15) is 0 Å². The van der Waals surface area contributed by atoms with Crippen molar-refractivity contribution in [2.45, 2.75) is 31.7 Å². The van der Waals surface area contributed by atoms with E-state index in [9.17, 15) is 0 Å². The molecule has 0 aliphatic heterocycles. The third-order valence-corrected chi connectivity index (χ3v) is 4.51. The summed E-state index contributed by atoms with van der Waals surface area (Å²) in [6, 6.07) is 10.2. The molecule has 21 heavy (non-hydrogen) atoms. The van der Waals surface area contributed by atoms with Crippen LogP contribution < -0.4 is 5.32 Å². The molecule has 0 spiro atoms. The summed E-state index contributed by atoms with van der Waals surface area (Å²) in [6.07, 6.45) is 4.07. The zero-order valence-corrected chi connectivity index (χ0v) is 13.5. The number of hydrogen-bond acceptors (Lipinski definition) is 2. The van der Waals surface area contributed by atoms with Crippen LogP contribution in [0, 0.1) is 0 Å². The standard InChI is InChI=1S/C17H18Cl2N2/c1-2-20-17(12-8-13(18)10-14(19)9-12)15-6-5-11-4-3-7-21-16(11)15/h3-4,7-10,15,17,20H,2,5-6H2,1H3. The number of nitrogens with one attached hydrogen (secondary N) is 1. The molecule has 4 heteroatoms. The van der Waals surface area contributed by atoms with E-state index in [-0.39, 0.29) is 6.04 Å². The van der Waals surface area contributed by atoms with Gasteiger partial charge in [-0.3, -0.25) is 4.98 Å². The largest absolute Gasteiger partial charge is 0.310 e. The zero-order valence-electron chi connectivity index (χ0n) is 11.9. The normalized spacial score (nSPS) is 18.5. The molecule has 0 saturated heterocycles. The van der Waals surface area contributed by atoms with E-state index >= 15 is 0 Å². The molecule has 1 aliphatic carbocycles. The second kappa shape index (κ2) is 6.35.